The summed E-state index contributed by atoms with van der Waals surface area (Å²) in [5.74, 6) is 0.517. The molecule has 0 radical (unpaired) electrons. The summed E-state index contributed by atoms with van der Waals surface area (Å²) in [6.45, 7) is 0.775. The van der Waals surface area contributed by atoms with E-state index in [1.165, 1.54) is 0 Å². The molecule has 18 heavy (non-hydrogen) atoms. The molecular weight excluding hydrogens is 268 g/mol. The smallest absolute Gasteiger partial charge is 0.201 e. The Balaban J connectivity index is 1.93. The molecule has 0 saturated heterocycles. The second-order valence-corrected chi connectivity index (χ2v) is 5.35. The number of thiazole rings is 1. The van der Waals surface area contributed by atoms with Crippen LogP contribution in [0.4, 0.5) is 5.95 Å². The zero-order valence-electron chi connectivity index (χ0n) is 9.51. The maximum Gasteiger partial charge on any atom is 0.201 e. The first-order chi connectivity index (χ1) is 8.74. The van der Waals surface area contributed by atoms with Crippen LogP contribution in [-0.2, 0) is 13.0 Å². The van der Waals surface area contributed by atoms with Gasteiger partial charge in [-0.25, -0.2) is 9.97 Å². The summed E-state index contributed by atoms with van der Waals surface area (Å²) >= 11 is 7.59. The Kier molecular flexibility index (Phi) is 2.93. The second kappa shape index (κ2) is 4.59. The monoisotopic (exact) mass is 278 g/mol. The molecule has 0 aliphatic carbocycles. The molecule has 92 valence electrons. The van der Waals surface area contributed by atoms with Gasteiger partial charge in [0.1, 0.15) is 0 Å². The van der Waals surface area contributed by atoms with Crippen molar-refractivity contribution in [3.63, 3.8) is 0 Å². The quantitative estimate of drug-likeness (QED) is 0.801. The molecule has 0 aliphatic heterocycles. The number of halogens is 1. The van der Waals surface area contributed by atoms with Crippen LogP contribution in [0.5, 0.6) is 0 Å². The van der Waals surface area contributed by atoms with Crippen molar-refractivity contribution in [2.75, 3.05) is 5.73 Å². The highest BCUT2D eigenvalue weighted by molar-refractivity contribution is 7.09. The van der Waals surface area contributed by atoms with Gasteiger partial charge in [-0.05, 0) is 18.2 Å². The van der Waals surface area contributed by atoms with Crippen molar-refractivity contribution in [1.29, 1.82) is 0 Å². The third kappa shape index (κ3) is 2.07. The van der Waals surface area contributed by atoms with Gasteiger partial charge in [0.05, 0.1) is 16.0 Å². The third-order valence-corrected chi connectivity index (χ3v) is 3.85. The molecule has 3 aromatic rings. The predicted molar refractivity (Wildman–Crippen MR) is 75.0 cm³/mol. The lowest BCUT2D eigenvalue weighted by molar-refractivity contribution is 0.723. The summed E-state index contributed by atoms with van der Waals surface area (Å²) in [6.07, 6.45) is 2.67. The summed E-state index contributed by atoms with van der Waals surface area (Å²) in [6, 6.07) is 5.63. The highest BCUT2D eigenvalue weighted by atomic mass is 35.5. The van der Waals surface area contributed by atoms with Crippen LogP contribution < -0.4 is 5.73 Å². The van der Waals surface area contributed by atoms with Crippen molar-refractivity contribution in [1.82, 2.24) is 14.5 Å². The topological polar surface area (TPSA) is 56.7 Å². The zero-order chi connectivity index (χ0) is 12.5. The molecule has 0 amide bonds. The minimum Gasteiger partial charge on any atom is -0.369 e. The number of nitrogen functional groups attached to an aromatic ring is 1. The van der Waals surface area contributed by atoms with Gasteiger partial charge in [0, 0.05) is 29.6 Å². The minimum absolute atomic E-state index is 0.517. The number of nitrogens with two attached hydrogens (primary N) is 1. The highest BCUT2D eigenvalue weighted by Crippen LogP contribution is 2.22. The lowest BCUT2D eigenvalue weighted by Gasteiger charge is -2.04. The van der Waals surface area contributed by atoms with E-state index in [1.54, 1.807) is 11.3 Å². The number of anilines is 1. The molecule has 0 aliphatic rings. The second-order valence-electron chi connectivity index (χ2n) is 3.93. The summed E-state index contributed by atoms with van der Waals surface area (Å²) < 4.78 is 1.99. The molecule has 1 aromatic carbocycles. The molecule has 0 saturated carbocycles. The number of imidazole rings is 1. The van der Waals surface area contributed by atoms with E-state index in [2.05, 4.69) is 9.97 Å². The van der Waals surface area contributed by atoms with Gasteiger partial charge >= 0.3 is 0 Å². The number of fused-ring (bicyclic) bond motifs is 1. The Morgan fingerprint density at radius 1 is 1.39 bits per heavy atom. The maximum atomic E-state index is 5.94. The van der Waals surface area contributed by atoms with Crippen molar-refractivity contribution < 1.29 is 0 Å². The highest BCUT2D eigenvalue weighted by Gasteiger charge is 2.08. The van der Waals surface area contributed by atoms with Crippen LogP contribution in [-0.4, -0.2) is 14.5 Å². The molecule has 4 nitrogen and oxygen atoms in total. The standard InChI is InChI=1S/C12H11ClN4S/c13-8-1-2-10-9(7-8)16-12(14)17(10)5-3-11-15-4-6-18-11/h1-2,4,6-7H,3,5H2,(H2,14,16). The molecular formula is C12H11ClN4S. The van der Waals surface area contributed by atoms with Crippen LogP contribution >= 0.6 is 22.9 Å². The van der Waals surface area contributed by atoms with E-state index in [4.69, 9.17) is 17.3 Å². The number of aryl methyl sites for hydroxylation is 2. The molecule has 2 aromatic heterocycles. The fourth-order valence-electron chi connectivity index (χ4n) is 1.94. The normalized spacial score (nSPS) is 11.2. The van der Waals surface area contributed by atoms with Crippen LogP contribution in [0, 0.1) is 0 Å². The Morgan fingerprint density at radius 2 is 2.28 bits per heavy atom. The van der Waals surface area contributed by atoms with Crippen LogP contribution in [0.1, 0.15) is 5.01 Å². The van der Waals surface area contributed by atoms with E-state index >= 15 is 0 Å². The van der Waals surface area contributed by atoms with E-state index < -0.39 is 0 Å². The van der Waals surface area contributed by atoms with Gasteiger partial charge in [-0.1, -0.05) is 11.6 Å². The summed E-state index contributed by atoms with van der Waals surface area (Å²) in [7, 11) is 0. The molecule has 6 heteroatoms. The van der Waals surface area contributed by atoms with Crippen molar-refractivity contribution in [3.05, 3.63) is 39.8 Å². The molecule has 2 heterocycles. The van der Waals surface area contributed by atoms with Gasteiger partial charge in [-0.15, -0.1) is 11.3 Å². The van der Waals surface area contributed by atoms with Gasteiger partial charge in [-0.2, -0.15) is 0 Å². The number of hydrogen-bond donors (Lipinski definition) is 1. The molecule has 3 rings (SSSR count). The molecule has 0 unspecified atom stereocenters. The van der Waals surface area contributed by atoms with E-state index in [-0.39, 0.29) is 0 Å². The number of rotatable bonds is 3. The van der Waals surface area contributed by atoms with E-state index in [1.807, 2.05) is 34.3 Å². The number of hydrogen-bond acceptors (Lipinski definition) is 4. The fraction of sp³-hybridized carbons (Fsp3) is 0.167. The first-order valence-electron chi connectivity index (χ1n) is 5.53. The van der Waals surface area contributed by atoms with Gasteiger partial charge in [-0.3, -0.25) is 0 Å². The SMILES string of the molecule is Nc1nc2cc(Cl)ccc2n1CCc1nccs1. The average Bonchev–Trinajstić information content (AvgIpc) is 2.93. The fourth-order valence-corrected chi connectivity index (χ4v) is 2.72. The van der Waals surface area contributed by atoms with Gasteiger partial charge < -0.3 is 10.3 Å². The van der Waals surface area contributed by atoms with Gasteiger partial charge in [0.15, 0.2) is 0 Å². The first kappa shape index (κ1) is 11.5. The van der Waals surface area contributed by atoms with E-state index in [9.17, 15) is 0 Å². The summed E-state index contributed by atoms with van der Waals surface area (Å²) in [5.41, 5.74) is 7.77. The van der Waals surface area contributed by atoms with Gasteiger partial charge in [0.25, 0.3) is 0 Å². The maximum absolute atomic E-state index is 5.94. The summed E-state index contributed by atoms with van der Waals surface area (Å²) in [4.78, 5) is 8.58. The minimum atomic E-state index is 0.517. The van der Waals surface area contributed by atoms with Crippen molar-refractivity contribution in [2.24, 2.45) is 0 Å². The van der Waals surface area contributed by atoms with Crippen molar-refractivity contribution in [2.45, 2.75) is 13.0 Å². The Hall–Kier alpha value is -1.59. The molecule has 0 atom stereocenters. The number of benzene rings is 1. The largest absolute Gasteiger partial charge is 0.369 e. The van der Waals surface area contributed by atoms with Crippen molar-refractivity contribution >= 4 is 39.9 Å². The Morgan fingerprint density at radius 3 is 3.06 bits per heavy atom. The molecule has 0 spiro atoms. The Labute approximate surface area is 113 Å². The van der Waals surface area contributed by atoms with E-state index in [0.717, 1.165) is 29.0 Å². The van der Waals surface area contributed by atoms with Crippen LogP contribution in [0.15, 0.2) is 29.8 Å². The van der Waals surface area contributed by atoms with Crippen LogP contribution in [0.2, 0.25) is 5.02 Å². The lowest BCUT2D eigenvalue weighted by Crippen LogP contribution is -2.05. The lowest BCUT2D eigenvalue weighted by atomic mass is 10.3. The van der Waals surface area contributed by atoms with Crippen LogP contribution in [0.3, 0.4) is 0 Å². The molecule has 0 bridgehead atoms. The predicted octanol–water partition coefficient (Wildman–Crippen LogP) is 2.97. The van der Waals surface area contributed by atoms with Gasteiger partial charge in [0.2, 0.25) is 5.95 Å². The number of nitrogens with zero attached hydrogens (tertiary/aromatic N) is 3. The molecule has 2 N–H and O–H groups in total. The number of aromatic nitrogens is 3. The first-order valence-corrected chi connectivity index (χ1v) is 6.79. The Bertz CT molecular complexity index is 675. The van der Waals surface area contributed by atoms with Crippen LogP contribution in [0.25, 0.3) is 11.0 Å². The summed E-state index contributed by atoms with van der Waals surface area (Å²) in [5, 5.41) is 3.75. The third-order valence-electron chi connectivity index (χ3n) is 2.77. The molecule has 0 fully saturated rings. The van der Waals surface area contributed by atoms with Crippen molar-refractivity contribution in [3.8, 4) is 0 Å². The average molecular weight is 279 g/mol. The zero-order valence-corrected chi connectivity index (χ0v) is 11.1. The van der Waals surface area contributed by atoms with E-state index in [0.29, 0.717) is 11.0 Å².